The van der Waals surface area contributed by atoms with Gasteiger partial charge in [0.15, 0.2) is 0 Å². The van der Waals surface area contributed by atoms with Crippen LogP contribution in [0, 0.1) is 0 Å². The summed E-state index contributed by atoms with van der Waals surface area (Å²) in [6.07, 6.45) is 0. The molecule has 0 bridgehead atoms. The molecule has 0 saturated carbocycles. The van der Waals surface area contributed by atoms with Gasteiger partial charge in [-0.2, -0.15) is 0 Å². The van der Waals surface area contributed by atoms with Gasteiger partial charge in [-0.25, -0.2) is 0 Å². The van der Waals surface area contributed by atoms with Crippen LogP contribution in [0.4, 0.5) is 0 Å². The average Bonchev–Trinajstić information content (AvgIpc) is 2.64. The Kier molecular flexibility index (Phi) is 3.91. The number of benzene rings is 1. The number of nitrogens with two attached hydrogens (primary N) is 2. The fourth-order valence-corrected chi connectivity index (χ4v) is 1.41. The van der Waals surface area contributed by atoms with Crippen molar-refractivity contribution in [1.29, 1.82) is 0 Å². The van der Waals surface area contributed by atoms with Crippen LogP contribution in [-0.4, -0.2) is 0 Å². The van der Waals surface area contributed by atoms with Gasteiger partial charge in [0.2, 0.25) is 0 Å². The minimum absolute atomic E-state index is 0. The fourth-order valence-electron chi connectivity index (χ4n) is 1.41. The molecule has 3 heteroatoms. The van der Waals surface area contributed by atoms with Crippen LogP contribution in [0.25, 0.3) is 11.1 Å². The highest BCUT2D eigenvalue weighted by Crippen LogP contribution is 2.43. The number of rotatable bonds is 0. The number of hydrogen-bond acceptors (Lipinski definition) is 2. The summed E-state index contributed by atoms with van der Waals surface area (Å²) in [5, 5.41) is 0. The molecule has 0 aromatic rings. The molecule has 0 spiro atoms. The molecule has 0 unspecified atom stereocenters. The van der Waals surface area contributed by atoms with Crippen LogP contribution in [0.15, 0.2) is 18.2 Å². The highest BCUT2D eigenvalue weighted by atomic mass is 35.5. The minimum Gasteiger partial charge on any atom is -0.274 e. The normalized spacial score (nSPS) is 10.8. The van der Waals surface area contributed by atoms with Crippen LogP contribution in [0.1, 0.15) is 26.3 Å². The molecule has 0 amide bonds. The number of halogens is 1. The molecule has 13 heavy (non-hydrogen) atoms. The Bertz CT molecular complexity index is 289. The van der Waals surface area contributed by atoms with Crippen LogP contribution in [0.5, 0.6) is 0 Å². The molecule has 2 aliphatic rings. The highest BCUT2D eigenvalue weighted by molar-refractivity contribution is 5.85. The molecule has 2 aliphatic carbocycles. The second-order valence-corrected chi connectivity index (χ2v) is 4.01. The van der Waals surface area contributed by atoms with Crippen molar-refractivity contribution in [2.45, 2.75) is 26.2 Å². The molecule has 0 aliphatic heterocycles. The molecule has 0 aromatic carbocycles. The average molecular weight is 201 g/mol. The van der Waals surface area contributed by atoms with E-state index in [9.17, 15) is 0 Å². The molecule has 0 aromatic heterocycles. The summed E-state index contributed by atoms with van der Waals surface area (Å²) < 4.78 is 0. The number of hydrazine groups is 1. The quantitative estimate of drug-likeness (QED) is 0.506. The second-order valence-electron chi connectivity index (χ2n) is 4.01. The van der Waals surface area contributed by atoms with Crippen LogP contribution in [-0.2, 0) is 5.41 Å². The highest BCUT2D eigenvalue weighted by Gasteiger charge is 2.25. The summed E-state index contributed by atoms with van der Waals surface area (Å²) in [6.45, 7) is 6.78. The lowest BCUT2D eigenvalue weighted by Crippen LogP contribution is -2.09. The van der Waals surface area contributed by atoms with Crippen molar-refractivity contribution < 1.29 is 0 Å². The van der Waals surface area contributed by atoms with E-state index in [1.165, 1.54) is 16.7 Å². The third-order valence-electron chi connectivity index (χ3n) is 2.06. The summed E-state index contributed by atoms with van der Waals surface area (Å²) in [7, 11) is 0. The molecular formula is C10H17ClN2. The third kappa shape index (κ3) is 2.44. The Hall–Kier alpha value is -0.570. The van der Waals surface area contributed by atoms with E-state index in [4.69, 9.17) is 0 Å². The lowest BCUT2D eigenvalue weighted by Gasteiger charge is -2.16. The van der Waals surface area contributed by atoms with Crippen molar-refractivity contribution in [3.63, 3.8) is 0 Å². The summed E-state index contributed by atoms with van der Waals surface area (Å²) in [5.41, 5.74) is 4.78. The van der Waals surface area contributed by atoms with Gasteiger partial charge in [0, 0.05) is 0 Å². The van der Waals surface area contributed by atoms with E-state index in [2.05, 4.69) is 50.7 Å². The van der Waals surface area contributed by atoms with Gasteiger partial charge in [-0.15, -0.1) is 12.4 Å². The van der Waals surface area contributed by atoms with Gasteiger partial charge >= 0.3 is 0 Å². The third-order valence-corrected chi connectivity index (χ3v) is 2.06. The van der Waals surface area contributed by atoms with Gasteiger partial charge in [-0.1, -0.05) is 32.9 Å². The molecular weight excluding hydrogens is 184 g/mol. The van der Waals surface area contributed by atoms with E-state index >= 15 is 0 Å². The summed E-state index contributed by atoms with van der Waals surface area (Å²) in [4.78, 5) is 0. The molecule has 0 saturated heterocycles. The molecule has 0 heterocycles. The van der Waals surface area contributed by atoms with E-state index in [-0.39, 0.29) is 12.4 Å². The summed E-state index contributed by atoms with van der Waals surface area (Å²) in [6, 6.07) is 6.70. The van der Waals surface area contributed by atoms with E-state index < -0.39 is 0 Å². The molecule has 0 atom stereocenters. The van der Waals surface area contributed by atoms with E-state index in [1.54, 1.807) is 0 Å². The van der Waals surface area contributed by atoms with Crippen LogP contribution in [0.3, 0.4) is 0 Å². The maximum absolute atomic E-state index is 4.00. The first kappa shape index (κ1) is 12.4. The number of fused-ring (bicyclic) bond motifs is 1. The smallest absolute Gasteiger partial charge is 0.0126 e. The van der Waals surface area contributed by atoms with E-state index in [0.717, 1.165) is 0 Å². The van der Waals surface area contributed by atoms with Crippen molar-refractivity contribution in [2.24, 2.45) is 11.7 Å². The van der Waals surface area contributed by atoms with Crippen LogP contribution in [0.2, 0.25) is 0 Å². The Morgan fingerprint density at radius 1 is 1.08 bits per heavy atom. The van der Waals surface area contributed by atoms with Gasteiger partial charge in [0.05, 0.1) is 0 Å². The molecule has 74 valence electrons. The van der Waals surface area contributed by atoms with Crippen molar-refractivity contribution in [3.8, 4) is 11.1 Å². The zero-order valence-electron chi connectivity index (χ0n) is 8.29. The van der Waals surface area contributed by atoms with Gasteiger partial charge < -0.3 is 0 Å². The van der Waals surface area contributed by atoms with Gasteiger partial charge in [-0.3, -0.25) is 11.7 Å². The van der Waals surface area contributed by atoms with Crippen molar-refractivity contribution in [3.05, 3.63) is 23.8 Å². The Morgan fingerprint density at radius 3 is 1.77 bits per heavy atom. The standard InChI is InChI=1S/C10H12.ClH.H4N2/c1-10(2,3)9-5-4-7-6-8(7)9;;1-2/h4-6H,1-3H3;1H;1-2H2. The largest absolute Gasteiger partial charge is 0.274 e. The van der Waals surface area contributed by atoms with E-state index in [1.807, 2.05) is 0 Å². The SMILES string of the molecule is CC(C)(C)c1ccc2cc1-2.Cl.NN. The topological polar surface area (TPSA) is 52.0 Å². The van der Waals surface area contributed by atoms with Crippen molar-refractivity contribution >= 4 is 12.4 Å². The first-order chi connectivity index (χ1) is 5.59. The predicted octanol–water partition coefficient (Wildman–Crippen LogP) is 2.21. The maximum Gasteiger partial charge on any atom is -0.0126 e. The summed E-state index contributed by atoms with van der Waals surface area (Å²) in [5.74, 6) is 8.00. The van der Waals surface area contributed by atoms with Crippen LogP contribution < -0.4 is 11.7 Å². The van der Waals surface area contributed by atoms with Crippen molar-refractivity contribution in [2.75, 3.05) is 0 Å². The lowest BCUT2D eigenvalue weighted by molar-refractivity contribution is 0.595. The van der Waals surface area contributed by atoms with Crippen molar-refractivity contribution in [1.82, 2.24) is 0 Å². The Labute approximate surface area is 85.7 Å². The second kappa shape index (κ2) is 4.09. The Morgan fingerprint density at radius 2 is 1.62 bits per heavy atom. The molecule has 2 rings (SSSR count). The zero-order chi connectivity index (χ0) is 9.35. The first-order valence-electron chi connectivity index (χ1n) is 4.07. The van der Waals surface area contributed by atoms with Gasteiger partial charge in [-0.05, 0) is 28.2 Å². The first-order valence-corrected chi connectivity index (χ1v) is 4.07. The Balaban J connectivity index is 0.000000451. The fraction of sp³-hybridized carbons (Fsp3) is 0.400. The maximum atomic E-state index is 4.00. The van der Waals surface area contributed by atoms with Crippen LogP contribution >= 0.6 is 12.4 Å². The van der Waals surface area contributed by atoms with Gasteiger partial charge in [0.25, 0.3) is 0 Å². The molecule has 0 fully saturated rings. The predicted molar refractivity (Wildman–Crippen MR) is 59.8 cm³/mol. The minimum atomic E-state index is 0. The molecule has 2 nitrogen and oxygen atoms in total. The van der Waals surface area contributed by atoms with E-state index in [0.29, 0.717) is 5.41 Å². The molecule has 0 radical (unpaired) electrons. The summed E-state index contributed by atoms with van der Waals surface area (Å²) >= 11 is 0. The zero-order valence-corrected chi connectivity index (χ0v) is 9.11. The monoisotopic (exact) mass is 200 g/mol. The molecule has 4 N–H and O–H groups in total. The number of hydrogen-bond donors (Lipinski definition) is 2. The lowest BCUT2D eigenvalue weighted by atomic mass is 9.88. The van der Waals surface area contributed by atoms with Gasteiger partial charge in [0.1, 0.15) is 0 Å².